The molecule has 4 aromatic rings. The Bertz CT molecular complexity index is 1600. The first-order valence-electron chi connectivity index (χ1n) is 11.5. The van der Waals surface area contributed by atoms with Crippen LogP contribution in [0.15, 0.2) is 72.9 Å². The number of anilines is 2. The fourth-order valence-corrected chi connectivity index (χ4v) is 4.21. The molecule has 1 aromatic heterocycles. The molecule has 0 aliphatic carbocycles. The van der Waals surface area contributed by atoms with E-state index >= 15 is 0 Å². The van der Waals surface area contributed by atoms with Crippen LogP contribution in [0.25, 0.3) is 11.3 Å². The van der Waals surface area contributed by atoms with Crippen LogP contribution in [0.2, 0.25) is 5.15 Å². The molecule has 0 saturated heterocycles. The highest BCUT2D eigenvalue weighted by molar-refractivity contribution is 7.92. The molecule has 202 valence electrons. The van der Waals surface area contributed by atoms with Gasteiger partial charge in [0, 0.05) is 22.4 Å². The molecule has 0 atom stereocenters. The maximum absolute atomic E-state index is 14.7. The van der Waals surface area contributed by atoms with E-state index in [1.54, 1.807) is 43.5 Å². The molecule has 9 nitrogen and oxygen atoms in total. The summed E-state index contributed by atoms with van der Waals surface area (Å²) >= 11 is 5.94. The largest absolute Gasteiger partial charge is 0.497 e. The van der Waals surface area contributed by atoms with Gasteiger partial charge >= 0.3 is 0 Å². The van der Waals surface area contributed by atoms with Crippen LogP contribution in [-0.2, 0) is 28.0 Å². The molecule has 4 rings (SSSR count). The predicted octanol–water partition coefficient (Wildman–Crippen LogP) is 5.29. The third-order valence-corrected chi connectivity index (χ3v) is 6.27. The Morgan fingerprint density at radius 1 is 1.05 bits per heavy atom. The number of rotatable bonds is 10. The average molecular weight is 571 g/mol. The van der Waals surface area contributed by atoms with Crippen molar-refractivity contribution >= 4 is 39.0 Å². The Kier molecular flexibility index (Phi) is 8.75. The van der Waals surface area contributed by atoms with Crippen molar-refractivity contribution in [2.24, 2.45) is 0 Å². The highest BCUT2D eigenvalue weighted by Gasteiger charge is 2.14. The predicted molar refractivity (Wildman–Crippen MR) is 147 cm³/mol. The fourth-order valence-electron chi connectivity index (χ4n) is 3.52. The lowest BCUT2D eigenvalue weighted by Gasteiger charge is -2.10. The summed E-state index contributed by atoms with van der Waals surface area (Å²) in [6.07, 6.45) is 2.32. The van der Waals surface area contributed by atoms with Gasteiger partial charge in [-0.1, -0.05) is 41.9 Å². The minimum absolute atomic E-state index is 0.0619. The molecule has 0 fully saturated rings. The summed E-state index contributed by atoms with van der Waals surface area (Å²) in [5.74, 6) is -0.381. The van der Waals surface area contributed by atoms with Crippen molar-refractivity contribution in [2.45, 2.75) is 13.2 Å². The second-order valence-electron chi connectivity index (χ2n) is 8.45. The molecule has 0 radical (unpaired) electrons. The summed E-state index contributed by atoms with van der Waals surface area (Å²) in [7, 11) is -2.04. The maximum Gasteiger partial charge on any atom is 0.255 e. The number of ether oxygens (including phenoxy) is 2. The van der Waals surface area contributed by atoms with E-state index in [0.717, 1.165) is 17.6 Å². The lowest BCUT2D eigenvalue weighted by atomic mass is 10.1. The second kappa shape index (κ2) is 12.2. The van der Waals surface area contributed by atoms with Gasteiger partial charge in [-0.3, -0.25) is 9.52 Å². The Morgan fingerprint density at radius 3 is 2.51 bits per heavy atom. The summed E-state index contributed by atoms with van der Waals surface area (Å²) in [4.78, 5) is 21.0. The molecule has 1 heterocycles. The van der Waals surface area contributed by atoms with E-state index in [2.05, 4.69) is 20.0 Å². The number of sulfonamides is 1. The van der Waals surface area contributed by atoms with Gasteiger partial charge in [-0.25, -0.2) is 22.8 Å². The molecule has 0 bridgehead atoms. The Balaban J connectivity index is 1.41. The third kappa shape index (κ3) is 7.73. The van der Waals surface area contributed by atoms with E-state index in [1.165, 1.54) is 12.3 Å². The van der Waals surface area contributed by atoms with Gasteiger partial charge in [-0.2, -0.15) is 0 Å². The number of nitrogens with one attached hydrogen (secondary N) is 2. The zero-order chi connectivity index (χ0) is 28.0. The van der Waals surface area contributed by atoms with Gasteiger partial charge in [0.15, 0.2) is 11.0 Å². The summed E-state index contributed by atoms with van der Waals surface area (Å²) in [6, 6.07) is 18.2. The molecular weight excluding hydrogens is 547 g/mol. The number of hydrogen-bond donors (Lipinski definition) is 2. The summed E-state index contributed by atoms with van der Waals surface area (Å²) in [5.41, 5.74) is 2.61. The Hall–Kier alpha value is -4.06. The van der Waals surface area contributed by atoms with Crippen molar-refractivity contribution in [3.05, 3.63) is 101 Å². The number of nitrogens with zero attached hydrogens (tertiary/aromatic N) is 2. The number of amides is 1. The standard InChI is InChI=1S/C27H24ClFN4O5S/c1-37-22-10-6-17(7-11-22)15-38-16-20-8-9-21(13-23(20)29)31-27(34)19-5-3-4-18(12-19)24-14-30-25(28)26(32-24)33-39(2,35)36/h3-14H,15-16H2,1-2H3,(H,31,34)(H,32,33). The first-order chi connectivity index (χ1) is 18.6. The van der Waals surface area contributed by atoms with Gasteiger partial charge in [-0.05, 0) is 42.0 Å². The van der Waals surface area contributed by atoms with Crippen LogP contribution in [0.1, 0.15) is 21.5 Å². The van der Waals surface area contributed by atoms with Crippen LogP contribution < -0.4 is 14.8 Å². The number of halogens is 2. The molecule has 2 N–H and O–H groups in total. The minimum Gasteiger partial charge on any atom is -0.497 e. The number of benzene rings is 3. The van der Waals surface area contributed by atoms with Crippen molar-refractivity contribution in [3.63, 3.8) is 0 Å². The van der Waals surface area contributed by atoms with Crippen LogP contribution in [0, 0.1) is 5.82 Å². The molecule has 0 saturated carbocycles. The normalized spacial score (nSPS) is 11.2. The van der Waals surface area contributed by atoms with E-state index in [9.17, 15) is 17.6 Å². The molecule has 0 unspecified atom stereocenters. The fraction of sp³-hybridized carbons (Fsp3) is 0.148. The van der Waals surface area contributed by atoms with E-state index in [1.807, 2.05) is 24.3 Å². The lowest BCUT2D eigenvalue weighted by molar-refractivity contribution is 0.102. The Labute approximate surface area is 230 Å². The zero-order valence-corrected chi connectivity index (χ0v) is 22.5. The van der Waals surface area contributed by atoms with Crippen LogP contribution in [0.4, 0.5) is 15.9 Å². The third-order valence-electron chi connectivity index (χ3n) is 5.43. The molecule has 1 amide bonds. The van der Waals surface area contributed by atoms with Crippen molar-refractivity contribution in [3.8, 4) is 17.0 Å². The number of aromatic nitrogens is 2. The molecule has 39 heavy (non-hydrogen) atoms. The molecule has 0 aliphatic rings. The summed E-state index contributed by atoms with van der Waals surface area (Å²) in [6.45, 7) is 0.370. The smallest absolute Gasteiger partial charge is 0.255 e. The first-order valence-corrected chi connectivity index (χ1v) is 13.8. The maximum atomic E-state index is 14.7. The average Bonchev–Trinajstić information content (AvgIpc) is 2.91. The van der Waals surface area contributed by atoms with Crippen LogP contribution >= 0.6 is 11.6 Å². The second-order valence-corrected chi connectivity index (χ2v) is 10.6. The number of carbonyl (C=O) groups excluding carboxylic acids is 1. The van der Waals surface area contributed by atoms with E-state index in [4.69, 9.17) is 21.1 Å². The quantitative estimate of drug-likeness (QED) is 0.266. The first kappa shape index (κ1) is 28.0. The molecule has 3 aromatic carbocycles. The zero-order valence-electron chi connectivity index (χ0n) is 20.9. The van der Waals surface area contributed by atoms with Gasteiger partial charge in [0.25, 0.3) is 5.91 Å². The lowest BCUT2D eigenvalue weighted by Crippen LogP contribution is -2.13. The SMILES string of the molecule is COc1ccc(COCc2ccc(NC(=O)c3cccc(-c4cnc(Cl)c(NS(C)(=O)=O)n4)c3)cc2F)cc1. The van der Waals surface area contributed by atoms with Gasteiger partial charge in [0.1, 0.15) is 11.6 Å². The van der Waals surface area contributed by atoms with Crippen LogP contribution in [0.5, 0.6) is 5.75 Å². The van der Waals surface area contributed by atoms with Crippen LogP contribution in [0.3, 0.4) is 0 Å². The Morgan fingerprint density at radius 2 is 1.82 bits per heavy atom. The summed E-state index contributed by atoms with van der Waals surface area (Å²) in [5, 5.41) is 2.55. The van der Waals surface area contributed by atoms with Crippen molar-refractivity contribution in [1.82, 2.24) is 9.97 Å². The molecular formula is C27H24ClFN4O5S. The summed E-state index contributed by atoms with van der Waals surface area (Å²) < 4.78 is 50.8. The highest BCUT2D eigenvalue weighted by atomic mass is 35.5. The monoisotopic (exact) mass is 570 g/mol. The van der Waals surface area contributed by atoms with Gasteiger partial charge in [0.2, 0.25) is 10.0 Å². The van der Waals surface area contributed by atoms with Gasteiger partial charge in [0.05, 0.1) is 38.5 Å². The number of methoxy groups -OCH3 is 1. The molecule has 0 aliphatic heterocycles. The number of hydrogen-bond acceptors (Lipinski definition) is 7. The van der Waals surface area contributed by atoms with Crippen molar-refractivity contribution in [1.29, 1.82) is 0 Å². The van der Waals surface area contributed by atoms with Gasteiger partial charge in [-0.15, -0.1) is 0 Å². The minimum atomic E-state index is -3.63. The van der Waals surface area contributed by atoms with Crippen molar-refractivity contribution < 1.29 is 27.1 Å². The van der Waals surface area contributed by atoms with Gasteiger partial charge < -0.3 is 14.8 Å². The molecule has 0 spiro atoms. The van der Waals surface area contributed by atoms with Crippen LogP contribution in [-0.4, -0.2) is 37.7 Å². The van der Waals surface area contributed by atoms with Crippen molar-refractivity contribution in [2.75, 3.05) is 23.4 Å². The number of carbonyl (C=O) groups is 1. The van der Waals surface area contributed by atoms with E-state index in [-0.39, 0.29) is 28.8 Å². The van der Waals surface area contributed by atoms with E-state index < -0.39 is 21.7 Å². The topological polar surface area (TPSA) is 120 Å². The molecule has 12 heteroatoms. The highest BCUT2D eigenvalue weighted by Crippen LogP contribution is 2.25. The van der Waals surface area contributed by atoms with E-state index in [0.29, 0.717) is 23.4 Å².